The first-order chi connectivity index (χ1) is 18.8. The van der Waals surface area contributed by atoms with Gasteiger partial charge in [-0.2, -0.15) is 0 Å². The van der Waals surface area contributed by atoms with Crippen LogP contribution in [0, 0.1) is 13.8 Å². The van der Waals surface area contributed by atoms with Crippen molar-refractivity contribution >= 4 is 27.7 Å². The van der Waals surface area contributed by atoms with E-state index in [1.807, 2.05) is 80.6 Å². The fourth-order valence-corrected chi connectivity index (χ4v) is 5.34. The minimum atomic E-state index is -0.691. The van der Waals surface area contributed by atoms with E-state index in [0.29, 0.717) is 17.9 Å². The summed E-state index contributed by atoms with van der Waals surface area (Å²) in [5.41, 5.74) is 3.93. The Labute approximate surface area is 239 Å². The van der Waals surface area contributed by atoms with Crippen molar-refractivity contribution in [3.63, 3.8) is 0 Å². The van der Waals surface area contributed by atoms with Crippen LogP contribution in [0.4, 0.5) is 0 Å². The summed E-state index contributed by atoms with van der Waals surface area (Å²) in [5.74, 6) is 0.945. The predicted molar refractivity (Wildman–Crippen MR) is 157 cm³/mol. The van der Waals surface area contributed by atoms with Crippen molar-refractivity contribution in [3.05, 3.63) is 93.5 Å². The summed E-state index contributed by atoms with van der Waals surface area (Å²) in [6.07, 6.45) is 4.57. The quantitative estimate of drug-likeness (QED) is 0.290. The maximum absolute atomic E-state index is 13.9. The molecule has 3 aromatic rings. The molecule has 1 unspecified atom stereocenters. The van der Waals surface area contributed by atoms with Crippen LogP contribution in [0.1, 0.15) is 47.9 Å². The van der Waals surface area contributed by atoms with E-state index < -0.39 is 6.04 Å². The van der Waals surface area contributed by atoms with Crippen LogP contribution in [-0.4, -0.2) is 42.5 Å². The molecule has 1 aliphatic rings. The van der Waals surface area contributed by atoms with Crippen molar-refractivity contribution in [1.82, 2.24) is 10.2 Å². The molecule has 0 spiro atoms. The normalized spacial score (nSPS) is 14.1. The SMILES string of the molecule is COc1cccc(CN(C(=O)COc2cc(C)c(Br)c(C)c2)C(Cc2ccccc2)C(=O)NC2CCCC2)c1. The van der Waals surface area contributed by atoms with E-state index in [2.05, 4.69) is 21.2 Å². The zero-order valence-electron chi connectivity index (χ0n) is 22.9. The second kappa shape index (κ2) is 13.7. The van der Waals surface area contributed by atoms with E-state index in [4.69, 9.17) is 9.47 Å². The molecule has 0 aromatic heterocycles. The Balaban J connectivity index is 1.63. The summed E-state index contributed by atoms with van der Waals surface area (Å²) in [7, 11) is 1.62. The van der Waals surface area contributed by atoms with Gasteiger partial charge in [0.05, 0.1) is 7.11 Å². The van der Waals surface area contributed by atoms with Gasteiger partial charge in [0.2, 0.25) is 5.91 Å². The molecule has 6 nitrogen and oxygen atoms in total. The van der Waals surface area contributed by atoms with Gasteiger partial charge in [-0.1, -0.05) is 71.2 Å². The van der Waals surface area contributed by atoms with Gasteiger partial charge in [-0.15, -0.1) is 0 Å². The summed E-state index contributed by atoms with van der Waals surface area (Å²) < 4.78 is 12.4. The number of hydrogen-bond acceptors (Lipinski definition) is 4. The van der Waals surface area contributed by atoms with E-state index >= 15 is 0 Å². The maximum Gasteiger partial charge on any atom is 0.261 e. The van der Waals surface area contributed by atoms with Gasteiger partial charge in [-0.25, -0.2) is 0 Å². The van der Waals surface area contributed by atoms with Crippen LogP contribution in [0.25, 0.3) is 0 Å². The zero-order valence-corrected chi connectivity index (χ0v) is 24.5. The Hall–Kier alpha value is -3.32. The van der Waals surface area contributed by atoms with Gasteiger partial charge in [0.25, 0.3) is 5.91 Å². The number of aryl methyl sites for hydroxylation is 2. The molecule has 39 heavy (non-hydrogen) atoms. The molecule has 0 aliphatic heterocycles. The first-order valence-electron chi connectivity index (χ1n) is 13.5. The molecule has 0 radical (unpaired) electrons. The van der Waals surface area contributed by atoms with Gasteiger partial charge in [-0.05, 0) is 73.2 Å². The molecule has 1 saturated carbocycles. The predicted octanol–water partition coefficient (Wildman–Crippen LogP) is 6.15. The second-order valence-corrected chi connectivity index (χ2v) is 11.0. The Morgan fingerprint density at radius 1 is 0.949 bits per heavy atom. The van der Waals surface area contributed by atoms with Crippen LogP contribution in [-0.2, 0) is 22.6 Å². The number of amides is 2. The van der Waals surface area contributed by atoms with Crippen LogP contribution in [0.5, 0.6) is 11.5 Å². The van der Waals surface area contributed by atoms with E-state index in [1.54, 1.807) is 12.0 Å². The monoisotopic (exact) mass is 592 g/mol. The number of benzene rings is 3. The fourth-order valence-electron chi connectivity index (χ4n) is 5.11. The highest BCUT2D eigenvalue weighted by Gasteiger charge is 2.32. The summed E-state index contributed by atoms with van der Waals surface area (Å²) in [5, 5.41) is 3.23. The fraction of sp³-hybridized carbons (Fsp3) is 0.375. The van der Waals surface area contributed by atoms with Crippen molar-refractivity contribution in [2.45, 2.75) is 64.6 Å². The third-order valence-electron chi connectivity index (χ3n) is 7.23. The molecule has 206 valence electrons. The second-order valence-electron chi connectivity index (χ2n) is 10.2. The molecule has 1 fully saturated rings. The lowest BCUT2D eigenvalue weighted by atomic mass is 10.0. The first kappa shape index (κ1) is 28.7. The lowest BCUT2D eigenvalue weighted by molar-refractivity contribution is -0.143. The Morgan fingerprint density at radius 2 is 1.62 bits per heavy atom. The van der Waals surface area contributed by atoms with Gasteiger partial charge in [0, 0.05) is 23.5 Å². The molecule has 0 saturated heterocycles. The molecule has 4 rings (SSSR count). The number of carbonyl (C=O) groups is 2. The van der Waals surface area contributed by atoms with Gasteiger partial charge in [0.15, 0.2) is 6.61 Å². The lowest BCUT2D eigenvalue weighted by Gasteiger charge is -2.32. The third kappa shape index (κ3) is 7.85. The summed E-state index contributed by atoms with van der Waals surface area (Å²) in [6, 6.07) is 20.7. The van der Waals surface area contributed by atoms with Gasteiger partial charge >= 0.3 is 0 Å². The van der Waals surface area contributed by atoms with Crippen molar-refractivity contribution in [2.24, 2.45) is 0 Å². The number of halogens is 1. The van der Waals surface area contributed by atoms with Gasteiger partial charge in [-0.3, -0.25) is 9.59 Å². The molecule has 0 heterocycles. The van der Waals surface area contributed by atoms with Crippen LogP contribution in [0.15, 0.2) is 71.2 Å². The number of nitrogens with zero attached hydrogens (tertiary/aromatic N) is 1. The van der Waals surface area contributed by atoms with E-state index in [9.17, 15) is 9.59 Å². The van der Waals surface area contributed by atoms with Crippen molar-refractivity contribution < 1.29 is 19.1 Å². The average Bonchev–Trinajstić information content (AvgIpc) is 3.45. The Bertz CT molecular complexity index is 1250. The minimum absolute atomic E-state index is 0.127. The van der Waals surface area contributed by atoms with E-state index in [0.717, 1.165) is 52.4 Å². The molecule has 2 amide bonds. The standard InChI is InChI=1S/C32H37BrN2O4/c1-22-16-28(17-23(2)31(22)33)39-21-30(36)35(20-25-12-9-15-27(18-25)38-3)29(19-24-10-5-4-6-11-24)32(37)34-26-13-7-8-14-26/h4-6,9-12,15-18,26,29H,7-8,13-14,19-21H2,1-3H3,(H,34,37). The van der Waals surface area contributed by atoms with Crippen molar-refractivity contribution in [3.8, 4) is 11.5 Å². The summed E-state index contributed by atoms with van der Waals surface area (Å²) in [4.78, 5) is 29.3. The van der Waals surface area contributed by atoms with Crippen LogP contribution in [0.3, 0.4) is 0 Å². The van der Waals surface area contributed by atoms with Crippen molar-refractivity contribution in [1.29, 1.82) is 0 Å². The molecule has 3 aromatic carbocycles. The van der Waals surface area contributed by atoms with Crippen LogP contribution in [0.2, 0.25) is 0 Å². The smallest absolute Gasteiger partial charge is 0.261 e. The lowest BCUT2D eigenvalue weighted by Crippen LogP contribution is -2.53. The highest BCUT2D eigenvalue weighted by Crippen LogP contribution is 2.27. The van der Waals surface area contributed by atoms with Crippen LogP contribution < -0.4 is 14.8 Å². The molecule has 0 bridgehead atoms. The number of ether oxygens (including phenoxy) is 2. The average molecular weight is 594 g/mol. The van der Waals surface area contributed by atoms with Crippen molar-refractivity contribution in [2.75, 3.05) is 13.7 Å². The number of rotatable bonds is 11. The van der Waals surface area contributed by atoms with E-state index in [-0.39, 0.29) is 31.0 Å². The molecule has 7 heteroatoms. The Kier molecular flexibility index (Phi) is 10.0. The zero-order chi connectivity index (χ0) is 27.8. The molecular formula is C32H37BrN2O4. The number of nitrogens with one attached hydrogen (secondary N) is 1. The number of carbonyl (C=O) groups excluding carboxylic acids is 2. The van der Waals surface area contributed by atoms with Crippen LogP contribution >= 0.6 is 15.9 Å². The topological polar surface area (TPSA) is 67.9 Å². The molecule has 1 aliphatic carbocycles. The Morgan fingerprint density at radius 3 is 2.28 bits per heavy atom. The maximum atomic E-state index is 13.9. The summed E-state index contributed by atoms with van der Waals surface area (Å²) >= 11 is 3.58. The summed E-state index contributed by atoms with van der Waals surface area (Å²) in [6.45, 7) is 4.06. The first-order valence-corrected chi connectivity index (χ1v) is 14.3. The highest BCUT2D eigenvalue weighted by atomic mass is 79.9. The van der Waals surface area contributed by atoms with Gasteiger partial charge in [0.1, 0.15) is 17.5 Å². The van der Waals surface area contributed by atoms with Gasteiger partial charge < -0.3 is 19.7 Å². The largest absolute Gasteiger partial charge is 0.497 e. The number of methoxy groups -OCH3 is 1. The van der Waals surface area contributed by atoms with E-state index in [1.165, 1.54) is 0 Å². The molecular weight excluding hydrogens is 556 g/mol. The minimum Gasteiger partial charge on any atom is -0.497 e. The molecule has 1 atom stereocenters. The number of hydrogen-bond donors (Lipinski definition) is 1. The third-order valence-corrected chi connectivity index (χ3v) is 8.48. The highest BCUT2D eigenvalue weighted by molar-refractivity contribution is 9.10. The molecule has 1 N–H and O–H groups in total.